The van der Waals surface area contributed by atoms with E-state index in [2.05, 4.69) is 11.9 Å². The van der Waals surface area contributed by atoms with Gasteiger partial charge < -0.3 is 5.32 Å². The first-order valence-electron chi connectivity index (χ1n) is 6.04. The minimum Gasteiger partial charge on any atom is -0.308 e. The summed E-state index contributed by atoms with van der Waals surface area (Å²) in [5.74, 6) is 2.31. The molecule has 1 nitrogen and oxygen atoms in total. The van der Waals surface area contributed by atoms with Crippen LogP contribution in [0, 0.1) is 5.82 Å². The van der Waals surface area contributed by atoms with Gasteiger partial charge in [0.2, 0.25) is 0 Å². The quantitative estimate of drug-likeness (QED) is 0.642. The number of halogens is 1. The van der Waals surface area contributed by atoms with Crippen LogP contribution in [0.15, 0.2) is 36.9 Å². The third kappa shape index (κ3) is 3.33. The Morgan fingerprint density at radius 3 is 2.53 bits per heavy atom. The number of hydrogen-bond acceptors (Lipinski definition) is 1. The van der Waals surface area contributed by atoms with Gasteiger partial charge in [-0.2, -0.15) is 0 Å². The molecule has 0 spiro atoms. The van der Waals surface area contributed by atoms with Crippen LogP contribution in [-0.2, 0) is 10.9 Å². The molecule has 0 radical (unpaired) electrons. The van der Waals surface area contributed by atoms with E-state index in [4.69, 9.17) is 0 Å². The first-order chi connectivity index (χ1) is 8.31. The van der Waals surface area contributed by atoms with E-state index in [9.17, 15) is 4.39 Å². The van der Waals surface area contributed by atoms with Crippen molar-refractivity contribution in [3.63, 3.8) is 0 Å². The van der Waals surface area contributed by atoms with Gasteiger partial charge in [-0.3, -0.25) is 0 Å². The standard InChI is InChI=1S/C14H19FNS/c1-2-3-14(17-10-8-16-9-11-17)12-4-6-13(15)7-5-12/h2,4-7,14,16H,1,3,8-11H2/q+1. The van der Waals surface area contributed by atoms with Crippen LogP contribution in [-0.4, -0.2) is 24.6 Å². The Kier molecular flexibility index (Phi) is 4.63. The van der Waals surface area contributed by atoms with Crippen LogP contribution >= 0.6 is 0 Å². The molecule has 0 aliphatic carbocycles. The normalized spacial score (nSPS) is 18.9. The zero-order chi connectivity index (χ0) is 12.1. The smallest absolute Gasteiger partial charge is 0.146 e. The van der Waals surface area contributed by atoms with Crippen LogP contribution < -0.4 is 5.32 Å². The molecule has 0 bridgehead atoms. The van der Waals surface area contributed by atoms with Crippen molar-refractivity contribution >= 4 is 10.9 Å². The first-order valence-corrected chi connectivity index (χ1v) is 7.67. The number of nitrogens with one attached hydrogen (secondary N) is 1. The Balaban J connectivity index is 2.15. The van der Waals surface area contributed by atoms with E-state index in [0.29, 0.717) is 16.1 Å². The lowest BCUT2D eigenvalue weighted by Gasteiger charge is -2.22. The van der Waals surface area contributed by atoms with Gasteiger partial charge in [0.25, 0.3) is 0 Å². The highest BCUT2D eigenvalue weighted by Crippen LogP contribution is 2.29. The van der Waals surface area contributed by atoms with Gasteiger partial charge in [0.15, 0.2) is 0 Å². The molecule has 92 valence electrons. The van der Waals surface area contributed by atoms with Gasteiger partial charge in [-0.15, -0.1) is 6.58 Å². The summed E-state index contributed by atoms with van der Waals surface area (Å²) in [6, 6.07) is 6.99. The summed E-state index contributed by atoms with van der Waals surface area (Å²) in [7, 11) is 0.404. The maximum absolute atomic E-state index is 13.0. The van der Waals surface area contributed by atoms with Crippen LogP contribution in [0.5, 0.6) is 0 Å². The van der Waals surface area contributed by atoms with Crippen molar-refractivity contribution in [2.75, 3.05) is 24.6 Å². The summed E-state index contributed by atoms with van der Waals surface area (Å²) in [4.78, 5) is 0. The molecule has 1 unspecified atom stereocenters. The Bertz CT molecular complexity index is 357. The monoisotopic (exact) mass is 252 g/mol. The fourth-order valence-corrected chi connectivity index (χ4v) is 4.75. The van der Waals surface area contributed by atoms with Crippen molar-refractivity contribution in [2.45, 2.75) is 11.7 Å². The lowest BCUT2D eigenvalue weighted by atomic mass is 10.1. The molecule has 1 aromatic rings. The van der Waals surface area contributed by atoms with Crippen LogP contribution in [0.4, 0.5) is 4.39 Å². The Labute approximate surface area is 105 Å². The molecule has 1 N–H and O–H groups in total. The second-order valence-electron chi connectivity index (χ2n) is 4.26. The van der Waals surface area contributed by atoms with E-state index in [1.54, 1.807) is 12.1 Å². The van der Waals surface area contributed by atoms with Crippen molar-refractivity contribution in [3.8, 4) is 0 Å². The molecule has 1 fully saturated rings. The number of benzene rings is 1. The van der Waals surface area contributed by atoms with E-state index in [1.807, 2.05) is 18.2 Å². The highest BCUT2D eigenvalue weighted by atomic mass is 32.2. The summed E-state index contributed by atoms with van der Waals surface area (Å²) in [5, 5.41) is 3.92. The topological polar surface area (TPSA) is 12.0 Å². The van der Waals surface area contributed by atoms with E-state index >= 15 is 0 Å². The minimum atomic E-state index is -0.153. The molecule has 1 aliphatic heterocycles. The highest BCUT2D eigenvalue weighted by molar-refractivity contribution is 7.97. The Morgan fingerprint density at radius 1 is 1.29 bits per heavy atom. The molecule has 1 aliphatic rings. The maximum atomic E-state index is 13.0. The van der Waals surface area contributed by atoms with Gasteiger partial charge in [0, 0.05) is 25.1 Å². The van der Waals surface area contributed by atoms with Gasteiger partial charge in [-0.25, -0.2) is 4.39 Å². The number of hydrogen-bond donors (Lipinski definition) is 1. The van der Waals surface area contributed by atoms with Gasteiger partial charge in [-0.05, 0) is 23.0 Å². The molecule has 1 heterocycles. The zero-order valence-electron chi connectivity index (χ0n) is 9.99. The maximum Gasteiger partial charge on any atom is 0.146 e. The average molecular weight is 252 g/mol. The third-order valence-electron chi connectivity index (χ3n) is 3.11. The molecule has 2 rings (SSSR count). The van der Waals surface area contributed by atoms with Crippen molar-refractivity contribution in [2.24, 2.45) is 0 Å². The molecular formula is C14H19FNS+. The molecule has 0 amide bonds. The largest absolute Gasteiger partial charge is 0.308 e. The molecular weight excluding hydrogens is 233 g/mol. The number of allylic oxidation sites excluding steroid dienone is 1. The van der Waals surface area contributed by atoms with E-state index < -0.39 is 0 Å². The molecule has 0 aromatic heterocycles. The van der Waals surface area contributed by atoms with Crippen molar-refractivity contribution < 1.29 is 4.39 Å². The molecule has 0 saturated carbocycles. The average Bonchev–Trinajstić information content (AvgIpc) is 2.38. The SMILES string of the molecule is C=CCC(c1ccc(F)cc1)[S+]1CCNCC1. The van der Waals surface area contributed by atoms with Gasteiger partial charge in [0.1, 0.15) is 22.6 Å². The molecule has 3 heteroatoms. The molecule has 1 saturated heterocycles. The predicted molar refractivity (Wildman–Crippen MR) is 73.9 cm³/mol. The minimum absolute atomic E-state index is 0.153. The fraction of sp³-hybridized carbons (Fsp3) is 0.429. The zero-order valence-corrected chi connectivity index (χ0v) is 10.8. The van der Waals surface area contributed by atoms with Gasteiger partial charge >= 0.3 is 0 Å². The fourth-order valence-electron chi connectivity index (χ4n) is 2.21. The number of rotatable bonds is 4. The van der Waals surface area contributed by atoms with Gasteiger partial charge in [0.05, 0.1) is 0 Å². The first kappa shape index (κ1) is 12.7. The summed E-state index contributed by atoms with van der Waals surface area (Å²) >= 11 is 0. The van der Waals surface area contributed by atoms with Crippen molar-refractivity contribution in [1.82, 2.24) is 5.32 Å². The van der Waals surface area contributed by atoms with Crippen LogP contribution in [0.3, 0.4) is 0 Å². The predicted octanol–water partition coefficient (Wildman–Crippen LogP) is 2.66. The second kappa shape index (κ2) is 6.22. The lowest BCUT2D eigenvalue weighted by Crippen LogP contribution is -2.38. The molecule has 1 aromatic carbocycles. The van der Waals surface area contributed by atoms with Crippen molar-refractivity contribution in [3.05, 3.63) is 48.3 Å². The van der Waals surface area contributed by atoms with Crippen LogP contribution in [0.1, 0.15) is 17.2 Å². The molecule has 17 heavy (non-hydrogen) atoms. The van der Waals surface area contributed by atoms with E-state index in [0.717, 1.165) is 19.5 Å². The molecule has 1 atom stereocenters. The van der Waals surface area contributed by atoms with E-state index in [-0.39, 0.29) is 5.82 Å². The van der Waals surface area contributed by atoms with Crippen LogP contribution in [0.25, 0.3) is 0 Å². The third-order valence-corrected chi connectivity index (χ3v) is 5.83. The van der Waals surface area contributed by atoms with E-state index in [1.165, 1.54) is 17.1 Å². The van der Waals surface area contributed by atoms with Crippen molar-refractivity contribution in [1.29, 1.82) is 0 Å². The van der Waals surface area contributed by atoms with Gasteiger partial charge in [-0.1, -0.05) is 18.2 Å². The summed E-state index contributed by atoms with van der Waals surface area (Å²) in [6.07, 6.45) is 2.98. The van der Waals surface area contributed by atoms with Crippen LogP contribution in [0.2, 0.25) is 0 Å². The summed E-state index contributed by atoms with van der Waals surface area (Å²) in [5.41, 5.74) is 1.26. The summed E-state index contributed by atoms with van der Waals surface area (Å²) < 4.78 is 13.0. The second-order valence-corrected chi connectivity index (χ2v) is 6.72. The Morgan fingerprint density at radius 2 is 1.94 bits per heavy atom. The summed E-state index contributed by atoms with van der Waals surface area (Å²) in [6.45, 7) is 6.07. The highest BCUT2D eigenvalue weighted by Gasteiger charge is 2.32. The lowest BCUT2D eigenvalue weighted by molar-refractivity contribution is 0.626. The Hall–Kier alpha value is -0.800.